The molecule has 6 heteroatoms. The average molecular weight is 378 g/mol. The third kappa shape index (κ3) is 6.43. The summed E-state index contributed by atoms with van der Waals surface area (Å²) in [7, 11) is 0. The lowest BCUT2D eigenvalue weighted by Gasteiger charge is -2.02. The van der Waals surface area contributed by atoms with E-state index in [1.165, 1.54) is 29.4 Å². The number of aliphatic imine (C=N–C) groups is 1. The van der Waals surface area contributed by atoms with Crippen LogP contribution in [0.3, 0.4) is 0 Å². The number of hydrogen-bond donors (Lipinski definition) is 0. The number of rotatable bonds is 7. The molecule has 0 unspecified atom stereocenters. The maximum absolute atomic E-state index is 11.9. The van der Waals surface area contributed by atoms with Gasteiger partial charge in [0.25, 0.3) is 5.91 Å². The Hall–Kier alpha value is -1.69. The van der Waals surface area contributed by atoms with Crippen molar-refractivity contribution in [2.24, 2.45) is 4.99 Å². The Balaban J connectivity index is 1.72. The van der Waals surface area contributed by atoms with Crippen molar-refractivity contribution < 1.29 is 8.98 Å². The fraction of sp³-hybridized carbons (Fsp3) is 0.111. The van der Waals surface area contributed by atoms with Gasteiger partial charge in [0.05, 0.1) is 22.7 Å². The minimum Gasteiger partial charge on any atom is -0.413 e. The fourth-order valence-corrected chi connectivity index (χ4v) is 2.97. The molecule has 0 bridgehead atoms. The zero-order chi connectivity index (χ0) is 17.4. The lowest BCUT2D eigenvalue weighted by atomic mass is 10.2. The van der Waals surface area contributed by atoms with Crippen LogP contribution < -0.4 is 0 Å². The molecule has 24 heavy (non-hydrogen) atoms. The second-order valence-electron chi connectivity index (χ2n) is 4.86. The first-order valence-electron chi connectivity index (χ1n) is 7.07. The summed E-state index contributed by atoms with van der Waals surface area (Å²) in [6.45, 7) is 5.76. The Morgan fingerprint density at radius 2 is 1.88 bits per heavy atom. The number of carbonyl (C=O) groups is 1. The van der Waals surface area contributed by atoms with E-state index >= 15 is 0 Å². The number of carbonyl (C=O) groups excluding carboxylic acids is 1. The molecule has 2 aromatic rings. The van der Waals surface area contributed by atoms with Gasteiger partial charge in [-0.25, -0.2) is 0 Å². The summed E-state index contributed by atoms with van der Waals surface area (Å²) in [6.07, 6.45) is 1.14. The molecule has 124 valence electrons. The van der Waals surface area contributed by atoms with Crippen LogP contribution in [0.2, 0.25) is 5.02 Å². The molecule has 1 amide bonds. The predicted octanol–water partition coefficient (Wildman–Crippen LogP) is 5.67. The van der Waals surface area contributed by atoms with E-state index in [1.54, 1.807) is 0 Å². The molecule has 0 fully saturated rings. The van der Waals surface area contributed by atoms with Gasteiger partial charge in [0.2, 0.25) is 0 Å². The van der Waals surface area contributed by atoms with Gasteiger partial charge in [0.1, 0.15) is 0 Å². The summed E-state index contributed by atoms with van der Waals surface area (Å²) in [5.41, 5.74) is 2.24. The molecular formula is C18H16ClNO2S2. The number of hydrogen-bond acceptors (Lipinski definition) is 4. The lowest BCUT2D eigenvalue weighted by molar-refractivity contribution is -0.113. The maximum atomic E-state index is 11.9. The molecule has 2 rings (SSSR count). The van der Waals surface area contributed by atoms with Crippen LogP contribution in [0.1, 0.15) is 11.1 Å². The molecule has 0 heterocycles. The van der Waals surface area contributed by atoms with Crippen LogP contribution in [0.4, 0.5) is 0 Å². The van der Waals surface area contributed by atoms with Crippen molar-refractivity contribution in [1.82, 2.24) is 0 Å². The van der Waals surface area contributed by atoms with E-state index in [2.05, 4.69) is 11.6 Å². The number of aryl methyl sites for hydroxylation is 1. The first-order chi connectivity index (χ1) is 11.5. The van der Waals surface area contributed by atoms with Gasteiger partial charge >= 0.3 is 0 Å². The van der Waals surface area contributed by atoms with Gasteiger partial charge < -0.3 is 4.18 Å². The molecule has 0 atom stereocenters. The lowest BCUT2D eigenvalue weighted by Crippen LogP contribution is -1.95. The van der Waals surface area contributed by atoms with E-state index in [0.717, 1.165) is 16.9 Å². The minimum atomic E-state index is -0.410. The smallest absolute Gasteiger partial charge is 0.285 e. The SMILES string of the molecule is C=C(Sc1ccc(C)cc1)C(=O)N=COSCc1ccc(Cl)cc1. The van der Waals surface area contributed by atoms with E-state index < -0.39 is 5.91 Å². The van der Waals surface area contributed by atoms with Crippen molar-refractivity contribution in [3.8, 4) is 0 Å². The van der Waals surface area contributed by atoms with E-state index in [4.69, 9.17) is 15.8 Å². The van der Waals surface area contributed by atoms with E-state index in [1.807, 2.05) is 55.5 Å². The molecule has 0 saturated carbocycles. The van der Waals surface area contributed by atoms with Crippen LogP contribution in [-0.2, 0) is 14.7 Å². The molecule has 0 aliphatic rings. The number of thioether (sulfide) groups is 1. The summed E-state index contributed by atoms with van der Waals surface area (Å²) in [6, 6.07) is 15.3. The Kier molecular flexibility index (Phi) is 7.43. The highest BCUT2D eigenvalue weighted by Gasteiger charge is 2.07. The van der Waals surface area contributed by atoms with Crippen molar-refractivity contribution in [2.75, 3.05) is 0 Å². The Morgan fingerprint density at radius 1 is 1.21 bits per heavy atom. The van der Waals surface area contributed by atoms with Crippen molar-refractivity contribution in [1.29, 1.82) is 0 Å². The van der Waals surface area contributed by atoms with Crippen LogP contribution >= 0.6 is 35.4 Å². The Labute approximate surface area is 155 Å². The number of halogens is 1. The third-order valence-corrected chi connectivity index (χ3v) is 4.77. The standard InChI is InChI=1S/C18H16ClNO2S2/c1-13-3-9-17(10-4-13)24-14(2)18(21)20-12-22-23-11-15-5-7-16(19)8-6-15/h3-10,12H,2,11H2,1H3. The highest BCUT2D eigenvalue weighted by molar-refractivity contribution is 8.04. The van der Waals surface area contributed by atoms with Crippen molar-refractivity contribution in [3.63, 3.8) is 0 Å². The second kappa shape index (κ2) is 9.57. The van der Waals surface area contributed by atoms with Crippen LogP contribution in [0.5, 0.6) is 0 Å². The predicted molar refractivity (Wildman–Crippen MR) is 104 cm³/mol. The maximum Gasteiger partial charge on any atom is 0.285 e. The first-order valence-corrected chi connectivity index (χ1v) is 9.18. The van der Waals surface area contributed by atoms with Crippen LogP contribution in [0.25, 0.3) is 0 Å². The van der Waals surface area contributed by atoms with Crippen LogP contribution in [-0.4, -0.2) is 12.3 Å². The van der Waals surface area contributed by atoms with Crippen molar-refractivity contribution >= 4 is 47.7 Å². The normalized spacial score (nSPS) is 10.8. The summed E-state index contributed by atoms with van der Waals surface area (Å²) in [5.74, 6) is 0.226. The number of benzene rings is 2. The van der Waals surface area contributed by atoms with E-state index in [-0.39, 0.29) is 0 Å². The largest absolute Gasteiger partial charge is 0.413 e. The van der Waals surface area contributed by atoms with Crippen LogP contribution in [0.15, 0.2) is 69.9 Å². The molecule has 0 aliphatic carbocycles. The van der Waals surface area contributed by atoms with Gasteiger partial charge in [-0.1, -0.05) is 59.8 Å². The van der Waals surface area contributed by atoms with Crippen LogP contribution in [0, 0.1) is 6.92 Å². The highest BCUT2D eigenvalue weighted by atomic mass is 35.5. The van der Waals surface area contributed by atoms with Gasteiger partial charge in [0, 0.05) is 9.92 Å². The molecule has 0 radical (unpaired) electrons. The molecule has 0 spiro atoms. The van der Waals surface area contributed by atoms with E-state index in [0.29, 0.717) is 15.7 Å². The fourth-order valence-electron chi connectivity index (χ4n) is 1.65. The number of amides is 1. The molecule has 0 aliphatic heterocycles. The number of nitrogens with zero attached hydrogens (tertiary/aromatic N) is 1. The summed E-state index contributed by atoms with van der Waals surface area (Å²) in [4.78, 5) is 16.9. The summed E-state index contributed by atoms with van der Waals surface area (Å²) in [5, 5.41) is 0.696. The zero-order valence-electron chi connectivity index (χ0n) is 13.1. The molecule has 2 aromatic carbocycles. The quantitative estimate of drug-likeness (QED) is 0.155. The van der Waals surface area contributed by atoms with Gasteiger partial charge in [0.15, 0.2) is 6.40 Å². The van der Waals surface area contributed by atoms with E-state index in [9.17, 15) is 4.79 Å². The summed E-state index contributed by atoms with van der Waals surface area (Å²) >= 11 is 8.30. The zero-order valence-corrected chi connectivity index (χ0v) is 15.5. The Morgan fingerprint density at radius 3 is 2.54 bits per heavy atom. The summed E-state index contributed by atoms with van der Waals surface area (Å²) < 4.78 is 5.18. The second-order valence-corrected chi connectivity index (χ2v) is 7.18. The first kappa shape index (κ1) is 18.6. The minimum absolute atomic E-state index is 0.349. The molecule has 0 N–H and O–H groups in total. The van der Waals surface area contributed by atoms with Gasteiger partial charge in [-0.05, 0) is 36.8 Å². The average Bonchev–Trinajstić information content (AvgIpc) is 2.58. The molecule has 3 nitrogen and oxygen atoms in total. The molecule has 0 saturated heterocycles. The highest BCUT2D eigenvalue weighted by Crippen LogP contribution is 2.26. The molecule has 0 aromatic heterocycles. The van der Waals surface area contributed by atoms with Crippen molar-refractivity contribution in [3.05, 3.63) is 76.2 Å². The van der Waals surface area contributed by atoms with Crippen molar-refractivity contribution in [2.45, 2.75) is 17.6 Å². The topological polar surface area (TPSA) is 38.7 Å². The molecular weight excluding hydrogens is 362 g/mol. The third-order valence-electron chi connectivity index (χ3n) is 2.92. The van der Waals surface area contributed by atoms with Gasteiger partial charge in [-0.2, -0.15) is 4.99 Å². The monoisotopic (exact) mass is 377 g/mol. The van der Waals surface area contributed by atoms with Gasteiger partial charge in [-0.15, -0.1) is 0 Å². The Bertz CT molecular complexity index is 728. The van der Waals surface area contributed by atoms with Gasteiger partial charge in [-0.3, -0.25) is 4.79 Å².